The van der Waals surface area contributed by atoms with E-state index in [-0.39, 0.29) is 17.2 Å². The molecule has 2 unspecified atom stereocenters. The third kappa shape index (κ3) is 1.04. The minimum atomic E-state index is -0.172. The van der Waals surface area contributed by atoms with Gasteiger partial charge in [0.2, 0.25) is 5.91 Å². The third-order valence-electron chi connectivity index (χ3n) is 3.53. The highest BCUT2D eigenvalue weighted by atomic mass is 16.1. The maximum Gasteiger partial charge on any atom is 0.221 e. The summed E-state index contributed by atoms with van der Waals surface area (Å²) in [6.45, 7) is 4.81. The van der Waals surface area contributed by atoms with Crippen LogP contribution in [0.3, 0.4) is 0 Å². The van der Waals surface area contributed by atoms with E-state index in [1.807, 2.05) is 0 Å². The van der Waals surface area contributed by atoms with Crippen molar-refractivity contribution in [2.75, 3.05) is 6.54 Å². The van der Waals surface area contributed by atoms with Crippen LogP contribution in [-0.4, -0.2) is 12.5 Å². The van der Waals surface area contributed by atoms with E-state index >= 15 is 0 Å². The van der Waals surface area contributed by atoms with Gasteiger partial charge in [-0.15, -0.1) is 0 Å². The lowest BCUT2D eigenvalue weighted by Crippen LogP contribution is -2.18. The van der Waals surface area contributed by atoms with E-state index in [1.54, 1.807) is 0 Å². The maximum absolute atomic E-state index is 11.0. The summed E-state index contributed by atoms with van der Waals surface area (Å²) < 4.78 is 0. The minimum Gasteiger partial charge on any atom is -0.369 e. The van der Waals surface area contributed by atoms with Crippen LogP contribution in [0, 0.1) is 17.3 Å². The average molecular weight is 170 g/mol. The second-order valence-corrected chi connectivity index (χ2v) is 3.66. The molecule has 70 valence electrons. The fourth-order valence-corrected chi connectivity index (χ4v) is 2.64. The lowest BCUT2D eigenvalue weighted by Gasteiger charge is -2.10. The van der Waals surface area contributed by atoms with Crippen molar-refractivity contribution in [2.24, 2.45) is 28.7 Å². The first-order chi connectivity index (χ1) is 5.64. The van der Waals surface area contributed by atoms with Gasteiger partial charge >= 0.3 is 0 Å². The van der Waals surface area contributed by atoms with Crippen molar-refractivity contribution in [3.05, 3.63) is 0 Å². The van der Waals surface area contributed by atoms with Gasteiger partial charge in [-0.3, -0.25) is 4.79 Å². The van der Waals surface area contributed by atoms with Gasteiger partial charge in [0.25, 0.3) is 0 Å². The first-order valence-electron chi connectivity index (χ1n) is 4.63. The van der Waals surface area contributed by atoms with Crippen LogP contribution in [0.15, 0.2) is 0 Å². The number of amides is 1. The zero-order valence-electron chi connectivity index (χ0n) is 7.84. The summed E-state index contributed by atoms with van der Waals surface area (Å²) in [5.41, 5.74) is 11.0. The highest BCUT2D eigenvalue weighted by Crippen LogP contribution is 2.62. The molecule has 1 amide bonds. The number of primary amides is 1. The highest BCUT2D eigenvalue weighted by Gasteiger charge is 2.63. The van der Waals surface area contributed by atoms with E-state index in [2.05, 4.69) is 13.8 Å². The van der Waals surface area contributed by atoms with Crippen molar-refractivity contribution < 1.29 is 4.79 Å². The van der Waals surface area contributed by atoms with Crippen molar-refractivity contribution in [3.8, 4) is 0 Å². The van der Waals surface area contributed by atoms with E-state index in [9.17, 15) is 4.79 Å². The number of hydrogen-bond donors (Lipinski definition) is 2. The molecule has 0 heterocycles. The highest BCUT2D eigenvalue weighted by molar-refractivity contribution is 5.81. The first-order valence-corrected chi connectivity index (χ1v) is 4.63. The topological polar surface area (TPSA) is 69.1 Å². The fourth-order valence-electron chi connectivity index (χ4n) is 2.64. The van der Waals surface area contributed by atoms with Crippen LogP contribution in [0.1, 0.15) is 26.7 Å². The zero-order valence-corrected chi connectivity index (χ0v) is 7.84. The summed E-state index contributed by atoms with van der Waals surface area (Å²) in [6.07, 6.45) is 2.03. The monoisotopic (exact) mass is 170 g/mol. The average Bonchev–Trinajstić information content (AvgIpc) is 2.73. The van der Waals surface area contributed by atoms with E-state index in [0.717, 1.165) is 12.8 Å². The molecule has 12 heavy (non-hydrogen) atoms. The molecule has 1 saturated carbocycles. The summed E-state index contributed by atoms with van der Waals surface area (Å²) in [6, 6.07) is 0. The van der Waals surface area contributed by atoms with Crippen molar-refractivity contribution in [1.29, 1.82) is 0 Å². The zero-order chi connectivity index (χ0) is 9.35. The Labute approximate surface area is 73.5 Å². The van der Waals surface area contributed by atoms with Crippen LogP contribution in [-0.2, 0) is 4.79 Å². The van der Waals surface area contributed by atoms with Crippen molar-refractivity contribution in [3.63, 3.8) is 0 Å². The Morgan fingerprint density at radius 3 is 2.00 bits per heavy atom. The lowest BCUT2D eigenvalue weighted by atomic mass is 9.95. The molecular weight excluding hydrogens is 152 g/mol. The molecule has 0 aromatic carbocycles. The van der Waals surface area contributed by atoms with Crippen LogP contribution in [0.25, 0.3) is 0 Å². The summed E-state index contributed by atoms with van der Waals surface area (Å²) in [7, 11) is 0. The summed E-state index contributed by atoms with van der Waals surface area (Å²) in [4.78, 5) is 11.0. The molecule has 0 saturated heterocycles. The quantitative estimate of drug-likeness (QED) is 0.644. The molecule has 0 aliphatic heterocycles. The second kappa shape index (κ2) is 3.05. The number of carbonyl (C=O) groups excluding carboxylic acids is 1. The first kappa shape index (κ1) is 9.52. The van der Waals surface area contributed by atoms with Gasteiger partial charge in [0.05, 0.1) is 0 Å². The molecule has 1 aliphatic carbocycles. The van der Waals surface area contributed by atoms with Gasteiger partial charge in [0.15, 0.2) is 0 Å². The van der Waals surface area contributed by atoms with E-state index < -0.39 is 0 Å². The largest absolute Gasteiger partial charge is 0.369 e. The molecule has 0 aromatic heterocycles. The molecule has 1 rings (SSSR count). The van der Waals surface area contributed by atoms with Crippen LogP contribution in [0.5, 0.6) is 0 Å². The number of carbonyl (C=O) groups is 1. The molecule has 0 radical (unpaired) electrons. The summed E-state index contributed by atoms with van der Waals surface area (Å²) in [5, 5.41) is 0. The Bertz CT molecular complexity index is 187. The van der Waals surface area contributed by atoms with Crippen molar-refractivity contribution in [1.82, 2.24) is 0 Å². The maximum atomic E-state index is 11.0. The van der Waals surface area contributed by atoms with Crippen LogP contribution < -0.4 is 11.5 Å². The van der Waals surface area contributed by atoms with Gasteiger partial charge in [-0.05, 0) is 30.7 Å². The van der Waals surface area contributed by atoms with E-state index in [0.29, 0.717) is 12.5 Å². The van der Waals surface area contributed by atoms with Crippen LogP contribution >= 0.6 is 0 Å². The molecule has 1 fully saturated rings. The number of hydrogen-bond acceptors (Lipinski definition) is 2. The lowest BCUT2D eigenvalue weighted by molar-refractivity contribution is -0.120. The summed E-state index contributed by atoms with van der Waals surface area (Å²) >= 11 is 0. The number of nitrogens with two attached hydrogens (primary N) is 2. The van der Waals surface area contributed by atoms with Crippen molar-refractivity contribution in [2.45, 2.75) is 26.7 Å². The van der Waals surface area contributed by atoms with Crippen LogP contribution in [0.2, 0.25) is 0 Å². The Kier molecular flexibility index (Phi) is 2.42. The predicted octanol–water partition coefficient (Wildman–Crippen LogP) is 0.483. The molecule has 1 aliphatic rings. The van der Waals surface area contributed by atoms with Gasteiger partial charge in [-0.1, -0.05) is 13.8 Å². The SMILES string of the molecule is CCC1(CC)C(CN)C1C(N)=O. The van der Waals surface area contributed by atoms with E-state index in [1.165, 1.54) is 0 Å². The Balaban J connectivity index is 2.73. The fraction of sp³-hybridized carbons (Fsp3) is 0.889. The molecule has 3 nitrogen and oxygen atoms in total. The standard InChI is InChI=1S/C9H18N2O/c1-3-9(4-2)6(5-10)7(9)8(11)12/h6-7H,3-5,10H2,1-2H3,(H2,11,12). The molecule has 0 spiro atoms. The normalized spacial score (nSPS) is 31.6. The van der Waals surface area contributed by atoms with E-state index in [4.69, 9.17) is 11.5 Å². The molecule has 4 N–H and O–H groups in total. The summed E-state index contributed by atoms with van der Waals surface area (Å²) in [5.74, 6) is 0.205. The molecule has 0 aromatic rings. The predicted molar refractivity (Wildman–Crippen MR) is 48.2 cm³/mol. The Morgan fingerprint density at radius 1 is 1.42 bits per heavy atom. The van der Waals surface area contributed by atoms with Gasteiger partial charge in [-0.2, -0.15) is 0 Å². The van der Waals surface area contributed by atoms with Gasteiger partial charge in [-0.25, -0.2) is 0 Å². The minimum absolute atomic E-state index is 0.0394. The molecule has 2 atom stereocenters. The van der Waals surface area contributed by atoms with Gasteiger partial charge < -0.3 is 11.5 Å². The van der Waals surface area contributed by atoms with Gasteiger partial charge in [0.1, 0.15) is 0 Å². The molecule has 0 bridgehead atoms. The Morgan fingerprint density at radius 2 is 1.92 bits per heavy atom. The second-order valence-electron chi connectivity index (χ2n) is 3.66. The van der Waals surface area contributed by atoms with Gasteiger partial charge in [0, 0.05) is 5.92 Å². The van der Waals surface area contributed by atoms with Crippen molar-refractivity contribution >= 4 is 5.91 Å². The molecule has 3 heteroatoms. The molecular formula is C9H18N2O. The Hall–Kier alpha value is -0.570. The number of rotatable bonds is 4. The smallest absolute Gasteiger partial charge is 0.221 e. The van der Waals surface area contributed by atoms with Crippen LogP contribution in [0.4, 0.5) is 0 Å². The third-order valence-corrected chi connectivity index (χ3v) is 3.53.